The summed E-state index contributed by atoms with van der Waals surface area (Å²) in [6.45, 7) is 8.90. The van der Waals surface area contributed by atoms with Crippen molar-refractivity contribution in [2.45, 2.75) is 45.1 Å². The van der Waals surface area contributed by atoms with Crippen molar-refractivity contribution in [2.24, 2.45) is 0 Å². The number of ether oxygens (including phenoxy) is 1. The summed E-state index contributed by atoms with van der Waals surface area (Å²) in [5.74, 6) is 1.54. The van der Waals surface area contributed by atoms with Gasteiger partial charge < -0.3 is 15.0 Å². The molecule has 4 rings (SSSR count). The van der Waals surface area contributed by atoms with E-state index >= 15 is 0 Å². The molecule has 0 saturated carbocycles. The lowest BCUT2D eigenvalue weighted by Crippen LogP contribution is -2.53. The highest BCUT2D eigenvalue weighted by Crippen LogP contribution is 2.28. The summed E-state index contributed by atoms with van der Waals surface area (Å²) in [5, 5.41) is 3.33. The van der Waals surface area contributed by atoms with E-state index in [1.165, 1.54) is 0 Å². The van der Waals surface area contributed by atoms with Gasteiger partial charge in [0.2, 0.25) is 5.91 Å². The van der Waals surface area contributed by atoms with Crippen LogP contribution in [0.2, 0.25) is 0 Å². The van der Waals surface area contributed by atoms with Gasteiger partial charge in [-0.15, -0.1) is 0 Å². The number of carbonyl (C=O) groups excluding carboxylic acids is 1. The van der Waals surface area contributed by atoms with E-state index in [0.29, 0.717) is 5.92 Å². The summed E-state index contributed by atoms with van der Waals surface area (Å²) in [4.78, 5) is 26.6. The van der Waals surface area contributed by atoms with Gasteiger partial charge in [0.1, 0.15) is 5.82 Å². The lowest BCUT2D eigenvalue weighted by Gasteiger charge is -2.38. The number of rotatable bonds is 6. The summed E-state index contributed by atoms with van der Waals surface area (Å²) in [6, 6.07) is 8.13. The van der Waals surface area contributed by atoms with Gasteiger partial charge in [-0.2, -0.15) is 0 Å². The first-order valence-corrected chi connectivity index (χ1v) is 11.4. The van der Waals surface area contributed by atoms with E-state index in [9.17, 15) is 4.79 Å². The average Bonchev–Trinajstić information content (AvgIpc) is 2.82. The van der Waals surface area contributed by atoms with Crippen LogP contribution >= 0.6 is 0 Å². The quantitative estimate of drug-likeness (QED) is 0.768. The van der Waals surface area contributed by atoms with Crippen molar-refractivity contribution in [2.75, 3.05) is 44.7 Å². The zero-order chi connectivity index (χ0) is 21.6. The molecule has 2 saturated heterocycles. The van der Waals surface area contributed by atoms with Crippen LogP contribution in [0.3, 0.4) is 0 Å². The standard InChI is InChI=1S/C24H33N5O2/c1-3-22(28-13-15-31-16-14-28)24(30)29-11-8-19(9-12-29)21-7-6-20(17-26-21)27-23-18(2)5-4-10-25-23/h4-7,10,17,19,22H,3,8-9,11-16H2,1-2H3,(H,25,27)/t22-/m0/s1. The van der Waals surface area contributed by atoms with Crippen molar-refractivity contribution in [1.29, 1.82) is 0 Å². The van der Waals surface area contributed by atoms with Gasteiger partial charge in [0, 0.05) is 44.0 Å². The zero-order valence-corrected chi connectivity index (χ0v) is 18.6. The highest BCUT2D eigenvalue weighted by molar-refractivity contribution is 5.82. The second-order valence-corrected chi connectivity index (χ2v) is 8.44. The maximum absolute atomic E-state index is 13.1. The van der Waals surface area contributed by atoms with E-state index in [2.05, 4.69) is 39.2 Å². The fourth-order valence-electron chi connectivity index (χ4n) is 4.56. The van der Waals surface area contributed by atoms with Crippen LogP contribution in [0.5, 0.6) is 0 Å². The molecule has 7 heteroatoms. The second kappa shape index (κ2) is 10.2. The fourth-order valence-corrected chi connectivity index (χ4v) is 4.56. The summed E-state index contributed by atoms with van der Waals surface area (Å²) in [5.41, 5.74) is 3.15. The third kappa shape index (κ3) is 5.22. The van der Waals surface area contributed by atoms with Gasteiger partial charge in [0.05, 0.1) is 31.1 Å². The topological polar surface area (TPSA) is 70.6 Å². The maximum Gasteiger partial charge on any atom is 0.239 e. The van der Waals surface area contributed by atoms with Crippen LogP contribution in [0, 0.1) is 6.92 Å². The third-order valence-corrected chi connectivity index (χ3v) is 6.44. The second-order valence-electron chi connectivity index (χ2n) is 8.44. The number of morpholine rings is 1. The highest BCUT2D eigenvalue weighted by atomic mass is 16.5. The van der Waals surface area contributed by atoms with Gasteiger partial charge in [0.25, 0.3) is 0 Å². The number of carbonyl (C=O) groups is 1. The molecule has 0 bridgehead atoms. The number of anilines is 2. The molecule has 31 heavy (non-hydrogen) atoms. The van der Waals surface area contributed by atoms with Crippen molar-refractivity contribution in [3.05, 3.63) is 47.9 Å². The van der Waals surface area contributed by atoms with Gasteiger partial charge in [-0.05, 0) is 49.9 Å². The van der Waals surface area contributed by atoms with Crippen molar-refractivity contribution < 1.29 is 9.53 Å². The molecule has 0 radical (unpaired) electrons. The van der Waals surface area contributed by atoms with E-state index < -0.39 is 0 Å². The number of pyridine rings is 2. The Kier molecular flexibility index (Phi) is 7.14. The van der Waals surface area contributed by atoms with Crippen LogP contribution in [-0.4, -0.2) is 71.1 Å². The molecule has 0 aromatic carbocycles. The van der Waals surface area contributed by atoms with Gasteiger partial charge in [-0.1, -0.05) is 13.0 Å². The van der Waals surface area contributed by atoms with Crippen LogP contribution in [0.15, 0.2) is 36.7 Å². The van der Waals surface area contributed by atoms with Gasteiger partial charge in [0.15, 0.2) is 0 Å². The van der Waals surface area contributed by atoms with Gasteiger partial charge >= 0.3 is 0 Å². The minimum absolute atomic E-state index is 0.0148. The first-order chi connectivity index (χ1) is 15.2. The maximum atomic E-state index is 13.1. The molecule has 166 valence electrons. The molecule has 1 atom stereocenters. The largest absolute Gasteiger partial charge is 0.379 e. The summed E-state index contributed by atoms with van der Waals surface area (Å²) >= 11 is 0. The summed E-state index contributed by atoms with van der Waals surface area (Å²) in [7, 11) is 0. The molecule has 1 amide bonds. The molecular weight excluding hydrogens is 390 g/mol. The minimum Gasteiger partial charge on any atom is -0.379 e. The Balaban J connectivity index is 1.32. The van der Waals surface area contributed by atoms with Crippen LogP contribution < -0.4 is 5.32 Å². The number of aryl methyl sites for hydroxylation is 1. The Labute approximate surface area is 184 Å². The fraction of sp³-hybridized carbons (Fsp3) is 0.542. The number of aromatic nitrogens is 2. The Bertz CT molecular complexity index is 859. The van der Waals surface area contributed by atoms with E-state index in [0.717, 1.165) is 81.4 Å². The number of hydrogen-bond acceptors (Lipinski definition) is 6. The van der Waals surface area contributed by atoms with Crippen molar-refractivity contribution in [3.63, 3.8) is 0 Å². The number of nitrogens with zero attached hydrogens (tertiary/aromatic N) is 4. The summed E-state index contributed by atoms with van der Waals surface area (Å²) < 4.78 is 5.45. The smallest absolute Gasteiger partial charge is 0.239 e. The Hall–Kier alpha value is -2.51. The summed E-state index contributed by atoms with van der Waals surface area (Å²) in [6.07, 6.45) is 6.44. The molecule has 4 heterocycles. The average molecular weight is 424 g/mol. The van der Waals surface area contributed by atoms with Crippen LogP contribution in [0.4, 0.5) is 11.5 Å². The molecular formula is C24H33N5O2. The van der Waals surface area contributed by atoms with Crippen molar-refractivity contribution in [1.82, 2.24) is 19.8 Å². The number of hydrogen-bond donors (Lipinski definition) is 1. The molecule has 2 aromatic heterocycles. The molecule has 7 nitrogen and oxygen atoms in total. The van der Waals surface area contributed by atoms with Crippen LogP contribution in [0.25, 0.3) is 0 Å². The monoisotopic (exact) mass is 423 g/mol. The van der Waals surface area contributed by atoms with Crippen LogP contribution in [-0.2, 0) is 9.53 Å². The van der Waals surface area contributed by atoms with E-state index in [1.54, 1.807) is 6.20 Å². The molecule has 0 aliphatic carbocycles. The Morgan fingerprint density at radius 2 is 1.94 bits per heavy atom. The predicted molar refractivity (Wildman–Crippen MR) is 122 cm³/mol. The predicted octanol–water partition coefficient (Wildman–Crippen LogP) is 3.35. The van der Waals surface area contributed by atoms with E-state index in [4.69, 9.17) is 9.72 Å². The zero-order valence-electron chi connectivity index (χ0n) is 18.6. The SMILES string of the molecule is CC[C@@H](C(=O)N1CCC(c2ccc(Nc3ncccc3C)cn2)CC1)N1CCOCC1. The van der Waals surface area contributed by atoms with Gasteiger partial charge in [-0.25, -0.2) is 4.98 Å². The Morgan fingerprint density at radius 1 is 1.16 bits per heavy atom. The minimum atomic E-state index is -0.0148. The normalized spacial score (nSPS) is 19.2. The lowest BCUT2D eigenvalue weighted by atomic mass is 9.92. The molecule has 0 spiro atoms. The van der Waals surface area contributed by atoms with Crippen molar-refractivity contribution in [3.8, 4) is 0 Å². The first-order valence-electron chi connectivity index (χ1n) is 11.4. The van der Waals surface area contributed by atoms with Crippen LogP contribution in [0.1, 0.15) is 43.4 Å². The molecule has 2 aliphatic heterocycles. The molecule has 2 aliphatic rings. The number of nitrogens with one attached hydrogen (secondary N) is 1. The van der Waals surface area contributed by atoms with E-state index in [1.807, 2.05) is 25.3 Å². The number of likely N-dealkylation sites (tertiary alicyclic amines) is 1. The third-order valence-electron chi connectivity index (χ3n) is 6.44. The number of piperidine rings is 1. The first kappa shape index (κ1) is 21.7. The molecule has 1 N–H and O–H groups in total. The van der Waals surface area contributed by atoms with E-state index in [-0.39, 0.29) is 11.9 Å². The molecule has 2 fully saturated rings. The lowest BCUT2D eigenvalue weighted by molar-refractivity contribution is -0.140. The number of amides is 1. The molecule has 2 aromatic rings. The van der Waals surface area contributed by atoms with Crippen molar-refractivity contribution >= 4 is 17.4 Å². The van der Waals surface area contributed by atoms with Gasteiger partial charge in [-0.3, -0.25) is 14.7 Å². The molecule has 0 unspecified atom stereocenters. The Morgan fingerprint density at radius 3 is 2.58 bits per heavy atom. The highest BCUT2D eigenvalue weighted by Gasteiger charge is 2.32.